The number of nitrogens with zero attached hydrogens (tertiary/aromatic N) is 2. The normalized spacial score (nSPS) is 25.2. The summed E-state index contributed by atoms with van der Waals surface area (Å²) in [6.45, 7) is 3.12. The van der Waals surface area contributed by atoms with E-state index in [4.69, 9.17) is 5.84 Å². The zero-order valence-corrected chi connectivity index (χ0v) is 13.7. The van der Waals surface area contributed by atoms with Gasteiger partial charge in [-0.05, 0) is 38.4 Å². The number of benzene rings is 1. The summed E-state index contributed by atoms with van der Waals surface area (Å²) in [6.07, 6.45) is 1.71. The average molecular weight is 330 g/mol. The number of rotatable bonds is 3. The van der Waals surface area contributed by atoms with Crippen molar-refractivity contribution in [1.82, 2.24) is 10.3 Å². The minimum atomic E-state index is -0.493. The van der Waals surface area contributed by atoms with Crippen LogP contribution in [0.5, 0.6) is 0 Å². The molecule has 7 nitrogen and oxygen atoms in total. The van der Waals surface area contributed by atoms with Crippen LogP contribution in [-0.4, -0.2) is 41.8 Å². The summed E-state index contributed by atoms with van der Waals surface area (Å²) in [4.78, 5) is 40.1. The molecule has 2 aliphatic heterocycles. The number of likely N-dealkylation sites (tertiary alicyclic amines) is 1. The van der Waals surface area contributed by atoms with E-state index in [9.17, 15) is 14.4 Å². The third kappa shape index (κ3) is 3.05. The highest BCUT2D eigenvalue weighted by Crippen LogP contribution is 2.28. The summed E-state index contributed by atoms with van der Waals surface area (Å²) in [6, 6.07) is 6.84. The summed E-state index contributed by atoms with van der Waals surface area (Å²) in [7, 11) is 0. The third-order valence-electron chi connectivity index (χ3n) is 4.82. The lowest BCUT2D eigenvalue weighted by atomic mass is 9.95. The highest BCUT2D eigenvalue weighted by molar-refractivity contribution is 6.22. The van der Waals surface area contributed by atoms with Gasteiger partial charge in [0, 0.05) is 6.54 Å². The van der Waals surface area contributed by atoms with Gasteiger partial charge in [-0.25, -0.2) is 10.7 Å². The molecule has 0 radical (unpaired) electrons. The van der Waals surface area contributed by atoms with Gasteiger partial charge >= 0.3 is 0 Å². The molecule has 2 heterocycles. The molecular formula is C17H22N4O3. The molecule has 3 rings (SSSR count). The van der Waals surface area contributed by atoms with Crippen LogP contribution < -0.4 is 16.2 Å². The molecular weight excluding hydrogens is 308 g/mol. The number of piperidine rings is 1. The van der Waals surface area contributed by atoms with E-state index >= 15 is 0 Å². The minimum absolute atomic E-state index is 0.156. The molecule has 2 aliphatic rings. The molecule has 3 amide bonds. The van der Waals surface area contributed by atoms with E-state index < -0.39 is 6.04 Å². The van der Waals surface area contributed by atoms with Crippen molar-refractivity contribution in [3.63, 3.8) is 0 Å². The summed E-state index contributed by atoms with van der Waals surface area (Å²) < 4.78 is 0. The zero-order valence-electron chi connectivity index (χ0n) is 13.7. The third-order valence-corrected chi connectivity index (χ3v) is 4.82. The second-order valence-corrected chi connectivity index (χ2v) is 6.47. The predicted molar refractivity (Wildman–Crippen MR) is 88.7 cm³/mol. The maximum absolute atomic E-state index is 12.8. The minimum Gasteiger partial charge on any atom is -0.294 e. The molecule has 3 N–H and O–H groups in total. The molecule has 0 aliphatic carbocycles. The Kier molecular flexibility index (Phi) is 4.64. The molecule has 0 saturated carbocycles. The van der Waals surface area contributed by atoms with Gasteiger partial charge in [-0.2, -0.15) is 0 Å². The standard InChI is InChI=1S/C17H22N4O3/c1-11-4-6-13(7-5-11)21-15(22)9-14(17(21)24)20-8-2-3-12(10-20)16(23)19-18/h4-7,12,14H,2-3,8-10,18H2,1H3,(H,19,23)/t12-,14+/m1/s1. The van der Waals surface area contributed by atoms with E-state index in [-0.39, 0.29) is 30.1 Å². The van der Waals surface area contributed by atoms with Crippen LogP contribution in [0, 0.1) is 12.8 Å². The zero-order chi connectivity index (χ0) is 17.3. The van der Waals surface area contributed by atoms with Crippen LogP contribution in [0.4, 0.5) is 5.69 Å². The Bertz CT molecular complexity index is 658. The Morgan fingerprint density at radius 3 is 2.62 bits per heavy atom. The van der Waals surface area contributed by atoms with Crippen LogP contribution in [-0.2, 0) is 14.4 Å². The number of hydrazine groups is 1. The van der Waals surface area contributed by atoms with Crippen molar-refractivity contribution < 1.29 is 14.4 Å². The van der Waals surface area contributed by atoms with Crippen molar-refractivity contribution in [3.05, 3.63) is 29.8 Å². The Morgan fingerprint density at radius 2 is 1.96 bits per heavy atom. The van der Waals surface area contributed by atoms with Crippen molar-refractivity contribution in [2.75, 3.05) is 18.0 Å². The van der Waals surface area contributed by atoms with Crippen LogP contribution in [0.25, 0.3) is 0 Å². The molecule has 1 aromatic rings. The van der Waals surface area contributed by atoms with Crippen molar-refractivity contribution in [3.8, 4) is 0 Å². The molecule has 24 heavy (non-hydrogen) atoms. The lowest BCUT2D eigenvalue weighted by Gasteiger charge is -2.34. The summed E-state index contributed by atoms with van der Waals surface area (Å²) in [5.41, 5.74) is 3.85. The maximum atomic E-state index is 12.8. The molecule has 2 atom stereocenters. The first-order valence-corrected chi connectivity index (χ1v) is 8.19. The lowest BCUT2D eigenvalue weighted by Crippen LogP contribution is -2.50. The quantitative estimate of drug-likeness (QED) is 0.360. The van der Waals surface area contributed by atoms with Gasteiger partial charge in [-0.1, -0.05) is 17.7 Å². The molecule has 128 valence electrons. The van der Waals surface area contributed by atoms with E-state index in [0.29, 0.717) is 18.8 Å². The second kappa shape index (κ2) is 6.70. The Balaban J connectivity index is 1.76. The van der Waals surface area contributed by atoms with E-state index in [1.165, 1.54) is 4.90 Å². The van der Waals surface area contributed by atoms with Crippen LogP contribution in [0.2, 0.25) is 0 Å². The molecule has 7 heteroatoms. The first kappa shape index (κ1) is 16.6. The van der Waals surface area contributed by atoms with Gasteiger partial charge in [0.05, 0.1) is 24.1 Å². The molecule has 2 fully saturated rings. The van der Waals surface area contributed by atoms with E-state index in [2.05, 4.69) is 5.43 Å². The van der Waals surface area contributed by atoms with Gasteiger partial charge in [0.15, 0.2) is 0 Å². The van der Waals surface area contributed by atoms with Crippen LogP contribution in [0.15, 0.2) is 24.3 Å². The van der Waals surface area contributed by atoms with Gasteiger partial charge in [0.2, 0.25) is 11.8 Å². The van der Waals surface area contributed by atoms with E-state index in [1.54, 1.807) is 12.1 Å². The Hall–Kier alpha value is -2.25. The molecule has 0 bridgehead atoms. The van der Waals surface area contributed by atoms with Crippen molar-refractivity contribution in [2.45, 2.75) is 32.2 Å². The number of amides is 3. The number of hydrogen-bond acceptors (Lipinski definition) is 5. The van der Waals surface area contributed by atoms with Crippen LogP contribution >= 0.6 is 0 Å². The van der Waals surface area contributed by atoms with Gasteiger partial charge in [0.25, 0.3) is 5.91 Å². The summed E-state index contributed by atoms with van der Waals surface area (Å²) in [5.74, 6) is 4.36. The van der Waals surface area contributed by atoms with Crippen LogP contribution in [0.1, 0.15) is 24.8 Å². The highest BCUT2D eigenvalue weighted by atomic mass is 16.2. The lowest BCUT2D eigenvalue weighted by molar-refractivity contribution is -0.129. The topological polar surface area (TPSA) is 95.7 Å². The highest BCUT2D eigenvalue weighted by Gasteiger charge is 2.44. The van der Waals surface area contributed by atoms with Gasteiger partial charge < -0.3 is 0 Å². The Morgan fingerprint density at radius 1 is 1.25 bits per heavy atom. The molecule has 0 unspecified atom stereocenters. The van der Waals surface area contributed by atoms with Crippen LogP contribution in [0.3, 0.4) is 0 Å². The van der Waals surface area contributed by atoms with Gasteiger partial charge in [0.1, 0.15) is 0 Å². The van der Waals surface area contributed by atoms with Crippen molar-refractivity contribution in [1.29, 1.82) is 0 Å². The Labute approximate surface area is 140 Å². The molecule has 0 aromatic heterocycles. The van der Waals surface area contributed by atoms with Crippen molar-refractivity contribution in [2.24, 2.45) is 11.8 Å². The molecule has 1 aromatic carbocycles. The average Bonchev–Trinajstić information content (AvgIpc) is 2.90. The number of imide groups is 1. The fourth-order valence-corrected chi connectivity index (χ4v) is 3.49. The van der Waals surface area contributed by atoms with Crippen molar-refractivity contribution >= 4 is 23.4 Å². The van der Waals surface area contributed by atoms with E-state index in [1.807, 2.05) is 24.0 Å². The number of nitrogens with one attached hydrogen (secondary N) is 1. The number of hydrogen-bond donors (Lipinski definition) is 2. The first-order chi connectivity index (χ1) is 11.5. The predicted octanol–water partition coefficient (Wildman–Crippen LogP) is 0.329. The largest absolute Gasteiger partial charge is 0.294 e. The number of anilines is 1. The SMILES string of the molecule is Cc1ccc(N2C(=O)C[C@H](N3CCC[C@@H](C(=O)NN)C3)C2=O)cc1. The van der Waals surface area contributed by atoms with Gasteiger partial charge in [-0.3, -0.25) is 24.7 Å². The first-order valence-electron chi connectivity index (χ1n) is 8.19. The number of aryl methyl sites for hydroxylation is 1. The fraction of sp³-hybridized carbons (Fsp3) is 0.471. The van der Waals surface area contributed by atoms with E-state index in [0.717, 1.165) is 18.4 Å². The monoisotopic (exact) mass is 330 g/mol. The number of carbonyl (C=O) groups is 3. The number of nitrogens with two attached hydrogens (primary N) is 1. The smallest absolute Gasteiger partial charge is 0.251 e. The fourth-order valence-electron chi connectivity index (χ4n) is 3.49. The second-order valence-electron chi connectivity index (χ2n) is 6.47. The number of carbonyl (C=O) groups excluding carboxylic acids is 3. The molecule has 0 spiro atoms. The summed E-state index contributed by atoms with van der Waals surface area (Å²) in [5, 5.41) is 0. The van der Waals surface area contributed by atoms with Gasteiger partial charge in [-0.15, -0.1) is 0 Å². The molecule has 2 saturated heterocycles. The maximum Gasteiger partial charge on any atom is 0.251 e. The summed E-state index contributed by atoms with van der Waals surface area (Å²) >= 11 is 0.